The van der Waals surface area contributed by atoms with Crippen LogP contribution in [-0.4, -0.2) is 22.0 Å². The molecular formula is C14H12AsClO2. The Balaban J connectivity index is 2.18. The first kappa shape index (κ1) is 13.5. The van der Waals surface area contributed by atoms with Crippen LogP contribution in [0.2, 0.25) is 5.02 Å². The molecular weight excluding hydrogens is 311 g/mol. The van der Waals surface area contributed by atoms with Crippen molar-refractivity contribution < 1.29 is 9.84 Å². The van der Waals surface area contributed by atoms with Gasteiger partial charge in [0.15, 0.2) is 0 Å². The Bertz CT molecular complexity index is 538. The molecule has 0 amide bonds. The Morgan fingerprint density at radius 2 is 1.83 bits per heavy atom. The molecule has 92 valence electrons. The quantitative estimate of drug-likeness (QED) is 0.880. The summed E-state index contributed by atoms with van der Waals surface area (Å²) in [6.45, 7) is 1.73. The molecule has 2 radical (unpaired) electrons. The van der Waals surface area contributed by atoms with Crippen LogP contribution in [0.5, 0.6) is 11.5 Å². The molecule has 0 saturated carbocycles. The molecule has 0 fully saturated rings. The average Bonchev–Trinajstić information content (AvgIpc) is 2.33. The van der Waals surface area contributed by atoms with E-state index in [0.717, 1.165) is 21.4 Å². The van der Waals surface area contributed by atoms with Gasteiger partial charge in [0.25, 0.3) is 0 Å². The molecule has 2 aromatic rings. The monoisotopic (exact) mass is 322 g/mol. The molecule has 0 aliphatic carbocycles. The fraction of sp³-hybridized carbons (Fsp3) is 0.143. The third-order valence-electron chi connectivity index (χ3n) is 2.51. The summed E-state index contributed by atoms with van der Waals surface area (Å²) in [5.74, 6) is 1.48. The van der Waals surface area contributed by atoms with Gasteiger partial charge in [-0.2, -0.15) is 0 Å². The maximum absolute atomic E-state index is 9.42. The number of halogens is 1. The standard InChI is InChI=1S/C14H12AsClO2/c1-9(17)10-2-5-12(6-3-10)18-14-7-4-11(16)8-13(14)15/h2-9,17H,1H3. The summed E-state index contributed by atoms with van der Waals surface area (Å²) in [7, 11) is 0. The average molecular weight is 323 g/mol. The van der Waals surface area contributed by atoms with Gasteiger partial charge < -0.3 is 0 Å². The van der Waals surface area contributed by atoms with Crippen molar-refractivity contribution in [3.05, 3.63) is 53.1 Å². The number of aliphatic hydroxyl groups is 1. The van der Waals surface area contributed by atoms with Crippen LogP contribution in [0.1, 0.15) is 18.6 Å². The molecule has 2 aromatic carbocycles. The third-order valence-corrected chi connectivity index (χ3v) is 3.48. The van der Waals surface area contributed by atoms with Crippen molar-refractivity contribution in [3.8, 4) is 11.5 Å². The number of ether oxygens (including phenoxy) is 1. The second-order valence-corrected chi connectivity index (χ2v) is 5.41. The van der Waals surface area contributed by atoms with Crippen molar-refractivity contribution in [2.24, 2.45) is 0 Å². The zero-order valence-corrected chi connectivity index (χ0v) is 12.4. The van der Waals surface area contributed by atoms with Crippen LogP contribution >= 0.6 is 11.6 Å². The molecule has 2 nitrogen and oxygen atoms in total. The Morgan fingerprint density at radius 1 is 1.17 bits per heavy atom. The molecule has 0 spiro atoms. The molecule has 1 unspecified atom stereocenters. The molecule has 0 saturated heterocycles. The summed E-state index contributed by atoms with van der Waals surface area (Å²) < 4.78 is 6.67. The van der Waals surface area contributed by atoms with Crippen molar-refractivity contribution in [1.82, 2.24) is 0 Å². The molecule has 0 aliphatic heterocycles. The van der Waals surface area contributed by atoms with Gasteiger partial charge in [0.1, 0.15) is 0 Å². The first-order valence-corrected chi connectivity index (χ1v) is 6.82. The number of rotatable bonds is 3. The van der Waals surface area contributed by atoms with Gasteiger partial charge in [-0.3, -0.25) is 0 Å². The van der Waals surface area contributed by atoms with E-state index in [4.69, 9.17) is 16.3 Å². The van der Waals surface area contributed by atoms with E-state index in [1.54, 1.807) is 13.0 Å². The van der Waals surface area contributed by atoms with E-state index >= 15 is 0 Å². The zero-order valence-electron chi connectivity index (χ0n) is 9.80. The maximum atomic E-state index is 9.42. The van der Waals surface area contributed by atoms with Crippen LogP contribution in [-0.2, 0) is 0 Å². The van der Waals surface area contributed by atoms with E-state index < -0.39 is 6.10 Å². The fourth-order valence-corrected chi connectivity index (χ4v) is 2.40. The molecule has 1 atom stereocenters. The Kier molecular flexibility index (Phi) is 4.34. The zero-order chi connectivity index (χ0) is 13.1. The Hall–Kier alpha value is -0.952. The molecule has 0 heterocycles. The van der Waals surface area contributed by atoms with Crippen LogP contribution in [0.25, 0.3) is 0 Å². The predicted octanol–water partition coefficient (Wildman–Crippen LogP) is 2.98. The van der Waals surface area contributed by atoms with Crippen LogP contribution in [0.15, 0.2) is 42.5 Å². The van der Waals surface area contributed by atoms with Gasteiger partial charge in [0.2, 0.25) is 0 Å². The van der Waals surface area contributed by atoms with E-state index in [9.17, 15) is 5.11 Å². The fourth-order valence-electron chi connectivity index (χ4n) is 1.52. The number of aliphatic hydroxyl groups excluding tert-OH is 1. The molecule has 2 rings (SSSR count). The van der Waals surface area contributed by atoms with Gasteiger partial charge in [0.05, 0.1) is 0 Å². The minimum absolute atomic E-state index is 0.465. The van der Waals surface area contributed by atoms with Gasteiger partial charge in [-0.1, -0.05) is 0 Å². The van der Waals surface area contributed by atoms with E-state index in [1.807, 2.05) is 36.4 Å². The number of hydrogen-bond acceptors (Lipinski definition) is 2. The summed E-state index contributed by atoms with van der Waals surface area (Å²) >= 11 is 8.31. The second kappa shape index (κ2) is 5.79. The molecule has 4 heteroatoms. The van der Waals surface area contributed by atoms with Crippen LogP contribution < -0.4 is 9.09 Å². The summed E-state index contributed by atoms with van der Waals surface area (Å²) in [5, 5.41) is 10.1. The number of benzene rings is 2. The SMILES string of the molecule is CC(O)c1ccc(Oc2ccc(Cl)cc2[As])cc1. The van der Waals surface area contributed by atoms with Crippen molar-refractivity contribution in [2.45, 2.75) is 13.0 Å². The molecule has 1 N–H and O–H groups in total. The van der Waals surface area contributed by atoms with Crippen LogP contribution in [0.3, 0.4) is 0 Å². The van der Waals surface area contributed by atoms with E-state index in [-0.39, 0.29) is 0 Å². The summed E-state index contributed by atoms with van der Waals surface area (Å²) in [5.41, 5.74) is 0.867. The van der Waals surface area contributed by atoms with Crippen molar-refractivity contribution in [3.63, 3.8) is 0 Å². The van der Waals surface area contributed by atoms with Crippen molar-refractivity contribution in [1.29, 1.82) is 0 Å². The molecule has 18 heavy (non-hydrogen) atoms. The number of hydrogen-bond donors (Lipinski definition) is 1. The van der Waals surface area contributed by atoms with Gasteiger partial charge >= 0.3 is 120 Å². The molecule has 0 aromatic heterocycles. The summed E-state index contributed by atoms with van der Waals surface area (Å²) in [6.07, 6.45) is -0.465. The Morgan fingerprint density at radius 3 is 2.39 bits per heavy atom. The Labute approximate surface area is 120 Å². The normalized spacial score (nSPS) is 12.2. The van der Waals surface area contributed by atoms with E-state index in [0.29, 0.717) is 5.02 Å². The van der Waals surface area contributed by atoms with E-state index in [1.165, 1.54) is 0 Å². The van der Waals surface area contributed by atoms with Crippen molar-refractivity contribution in [2.75, 3.05) is 0 Å². The third kappa shape index (κ3) is 3.29. The first-order valence-electron chi connectivity index (χ1n) is 5.50. The minimum atomic E-state index is -0.465. The van der Waals surface area contributed by atoms with Crippen LogP contribution in [0.4, 0.5) is 0 Å². The van der Waals surface area contributed by atoms with Gasteiger partial charge in [0, 0.05) is 0 Å². The van der Waals surface area contributed by atoms with Crippen molar-refractivity contribution >= 4 is 32.8 Å². The summed E-state index contributed by atoms with van der Waals surface area (Å²) in [4.78, 5) is 0. The first-order chi connectivity index (χ1) is 8.56. The predicted molar refractivity (Wildman–Crippen MR) is 74.0 cm³/mol. The molecule has 0 bridgehead atoms. The van der Waals surface area contributed by atoms with Gasteiger partial charge in [-0.25, -0.2) is 0 Å². The van der Waals surface area contributed by atoms with Crippen LogP contribution in [0, 0.1) is 0 Å². The van der Waals surface area contributed by atoms with E-state index in [2.05, 4.69) is 16.9 Å². The van der Waals surface area contributed by atoms with Gasteiger partial charge in [-0.05, 0) is 0 Å². The van der Waals surface area contributed by atoms with Gasteiger partial charge in [-0.15, -0.1) is 0 Å². The topological polar surface area (TPSA) is 29.5 Å². The summed E-state index contributed by atoms with van der Waals surface area (Å²) in [6, 6.07) is 12.8. The second-order valence-electron chi connectivity index (χ2n) is 3.96. The molecule has 0 aliphatic rings.